The van der Waals surface area contributed by atoms with E-state index < -0.39 is 12.0 Å². The summed E-state index contributed by atoms with van der Waals surface area (Å²) in [6, 6.07) is 9.18. The van der Waals surface area contributed by atoms with Crippen LogP contribution in [-0.4, -0.2) is 26.0 Å². The van der Waals surface area contributed by atoms with Crippen LogP contribution in [0.3, 0.4) is 0 Å². The minimum absolute atomic E-state index is 0.193. The van der Waals surface area contributed by atoms with Crippen molar-refractivity contribution in [2.24, 2.45) is 0 Å². The monoisotopic (exact) mass is 442 g/mol. The molecule has 4 aromatic rings. The lowest BCUT2D eigenvalue weighted by atomic mass is 10.1. The molecule has 6 nitrogen and oxygen atoms in total. The number of nitrogens with one attached hydrogen (secondary N) is 1. The molecule has 0 aliphatic heterocycles. The van der Waals surface area contributed by atoms with Crippen molar-refractivity contribution in [3.8, 4) is 11.3 Å². The van der Waals surface area contributed by atoms with Gasteiger partial charge in [0.15, 0.2) is 5.13 Å². The molecule has 152 valence electrons. The molecule has 1 unspecified atom stereocenters. The third kappa shape index (κ3) is 4.16. The van der Waals surface area contributed by atoms with Gasteiger partial charge in [-0.2, -0.15) is 0 Å². The SMILES string of the molecule is CCC(O)c1cnc(-c2ccc(C(=O)Nc3nc4ccc(F)cc4s3)nc2)c(Cl)c1. The van der Waals surface area contributed by atoms with Gasteiger partial charge in [0.1, 0.15) is 11.5 Å². The van der Waals surface area contributed by atoms with Crippen LogP contribution in [0, 0.1) is 5.82 Å². The van der Waals surface area contributed by atoms with Crippen molar-refractivity contribution in [3.63, 3.8) is 0 Å². The number of aliphatic hydroxyl groups is 1. The van der Waals surface area contributed by atoms with E-state index in [4.69, 9.17) is 11.6 Å². The maximum absolute atomic E-state index is 13.3. The average molecular weight is 443 g/mol. The predicted molar refractivity (Wildman–Crippen MR) is 115 cm³/mol. The summed E-state index contributed by atoms with van der Waals surface area (Å²) in [6.07, 6.45) is 3.03. The third-order valence-electron chi connectivity index (χ3n) is 4.47. The first-order valence-corrected chi connectivity index (χ1v) is 10.3. The Hall–Kier alpha value is -2.94. The predicted octanol–water partition coefficient (Wildman–Crippen LogP) is 5.24. The van der Waals surface area contributed by atoms with E-state index in [-0.39, 0.29) is 11.5 Å². The molecule has 0 aliphatic carbocycles. The summed E-state index contributed by atoms with van der Waals surface area (Å²) in [7, 11) is 0. The Bertz CT molecular complexity index is 1230. The second-order valence-corrected chi connectivity index (χ2v) is 7.98. The van der Waals surface area contributed by atoms with Crippen LogP contribution in [0.4, 0.5) is 9.52 Å². The lowest BCUT2D eigenvalue weighted by Gasteiger charge is -2.10. The number of amides is 1. The Balaban J connectivity index is 1.52. The van der Waals surface area contributed by atoms with Gasteiger partial charge in [-0.25, -0.2) is 9.37 Å². The van der Waals surface area contributed by atoms with Gasteiger partial charge in [0.25, 0.3) is 5.91 Å². The number of thiazole rings is 1. The lowest BCUT2D eigenvalue weighted by Crippen LogP contribution is -2.13. The highest BCUT2D eigenvalue weighted by Gasteiger charge is 2.14. The van der Waals surface area contributed by atoms with Crippen molar-refractivity contribution < 1.29 is 14.3 Å². The Labute approximate surface area is 180 Å². The summed E-state index contributed by atoms with van der Waals surface area (Å²) in [5, 5.41) is 13.3. The van der Waals surface area contributed by atoms with E-state index in [2.05, 4.69) is 20.3 Å². The molecule has 0 aliphatic rings. The van der Waals surface area contributed by atoms with Crippen molar-refractivity contribution in [1.82, 2.24) is 15.0 Å². The van der Waals surface area contributed by atoms with Crippen molar-refractivity contribution >= 4 is 44.2 Å². The summed E-state index contributed by atoms with van der Waals surface area (Å²) < 4.78 is 14.0. The van der Waals surface area contributed by atoms with Crippen molar-refractivity contribution in [1.29, 1.82) is 0 Å². The smallest absolute Gasteiger partial charge is 0.276 e. The second kappa shape index (κ2) is 8.43. The molecule has 9 heteroatoms. The first-order chi connectivity index (χ1) is 14.4. The largest absolute Gasteiger partial charge is 0.388 e. The standard InChI is InChI=1S/C21H16ClFN4O2S/c1-2-17(28)12-7-14(22)19(25-10-12)11-3-5-16(24-9-11)20(29)27-21-26-15-6-4-13(23)8-18(15)30-21/h3-10,17,28H,2H2,1H3,(H,26,27,29). The summed E-state index contributed by atoms with van der Waals surface area (Å²) in [6.45, 7) is 1.87. The van der Waals surface area contributed by atoms with Gasteiger partial charge in [0.05, 0.1) is 27.0 Å². The number of nitrogens with zero attached hydrogens (tertiary/aromatic N) is 3. The number of pyridine rings is 2. The highest BCUT2D eigenvalue weighted by atomic mass is 35.5. The van der Waals surface area contributed by atoms with Gasteiger partial charge in [-0.1, -0.05) is 29.9 Å². The first-order valence-electron chi connectivity index (χ1n) is 9.12. The van der Waals surface area contributed by atoms with E-state index >= 15 is 0 Å². The molecule has 0 fully saturated rings. The number of carbonyl (C=O) groups excluding carboxylic acids is 1. The molecular formula is C21H16ClFN4O2S. The Kier molecular flexibility index (Phi) is 5.72. The van der Waals surface area contributed by atoms with E-state index in [0.717, 1.165) is 0 Å². The molecule has 0 saturated carbocycles. The van der Waals surface area contributed by atoms with E-state index in [1.165, 1.54) is 29.7 Å². The van der Waals surface area contributed by atoms with Crippen LogP contribution in [0.25, 0.3) is 21.5 Å². The number of rotatable bonds is 5. The van der Waals surface area contributed by atoms with Gasteiger partial charge in [-0.05, 0) is 42.8 Å². The summed E-state index contributed by atoms with van der Waals surface area (Å²) in [4.78, 5) is 25.3. The highest BCUT2D eigenvalue weighted by Crippen LogP contribution is 2.29. The summed E-state index contributed by atoms with van der Waals surface area (Å²) in [5.74, 6) is -0.785. The van der Waals surface area contributed by atoms with Crippen LogP contribution in [0.1, 0.15) is 35.5 Å². The van der Waals surface area contributed by atoms with Crippen LogP contribution in [0.15, 0.2) is 48.8 Å². The normalized spacial score (nSPS) is 12.1. The molecule has 0 saturated heterocycles. The molecule has 1 amide bonds. The van der Waals surface area contributed by atoms with E-state index in [0.29, 0.717) is 43.6 Å². The van der Waals surface area contributed by atoms with Crippen molar-refractivity contribution in [2.45, 2.75) is 19.4 Å². The van der Waals surface area contributed by atoms with Crippen molar-refractivity contribution in [2.75, 3.05) is 5.32 Å². The van der Waals surface area contributed by atoms with Gasteiger partial charge in [-0.15, -0.1) is 0 Å². The molecule has 1 atom stereocenters. The third-order valence-corrected chi connectivity index (χ3v) is 5.70. The number of fused-ring (bicyclic) bond motifs is 1. The fourth-order valence-corrected chi connectivity index (χ4v) is 4.03. The first kappa shape index (κ1) is 20.3. The Morgan fingerprint density at radius 2 is 2.07 bits per heavy atom. The molecule has 0 radical (unpaired) electrons. The zero-order chi connectivity index (χ0) is 21.3. The molecule has 3 aromatic heterocycles. The zero-order valence-electron chi connectivity index (χ0n) is 15.8. The van der Waals surface area contributed by atoms with E-state index in [1.54, 1.807) is 30.5 Å². The number of aliphatic hydroxyl groups excluding tert-OH is 1. The molecule has 1 aromatic carbocycles. The molecule has 4 rings (SSSR count). The number of hydrogen-bond donors (Lipinski definition) is 2. The maximum atomic E-state index is 13.3. The molecule has 30 heavy (non-hydrogen) atoms. The van der Waals surface area contributed by atoms with Crippen LogP contribution in [-0.2, 0) is 0 Å². The number of anilines is 1. The second-order valence-electron chi connectivity index (χ2n) is 6.54. The summed E-state index contributed by atoms with van der Waals surface area (Å²) >= 11 is 7.49. The fourth-order valence-electron chi connectivity index (χ4n) is 2.86. The van der Waals surface area contributed by atoms with Crippen LogP contribution >= 0.6 is 22.9 Å². The van der Waals surface area contributed by atoms with Crippen LogP contribution in [0.5, 0.6) is 0 Å². The number of aromatic nitrogens is 3. The summed E-state index contributed by atoms with van der Waals surface area (Å²) in [5.41, 5.74) is 2.60. The van der Waals surface area contributed by atoms with Gasteiger partial charge in [0.2, 0.25) is 0 Å². The van der Waals surface area contributed by atoms with Gasteiger partial charge in [0, 0.05) is 23.5 Å². The minimum atomic E-state index is -0.618. The van der Waals surface area contributed by atoms with E-state index in [1.807, 2.05) is 6.92 Å². The van der Waals surface area contributed by atoms with Crippen LogP contribution < -0.4 is 5.32 Å². The number of hydrogen-bond acceptors (Lipinski definition) is 6. The minimum Gasteiger partial charge on any atom is -0.388 e. The Morgan fingerprint density at radius 1 is 1.23 bits per heavy atom. The molecule has 2 N–H and O–H groups in total. The van der Waals surface area contributed by atoms with Gasteiger partial charge >= 0.3 is 0 Å². The molecule has 0 bridgehead atoms. The quantitative estimate of drug-likeness (QED) is 0.441. The number of halogens is 2. The maximum Gasteiger partial charge on any atom is 0.276 e. The fraction of sp³-hybridized carbons (Fsp3) is 0.143. The molecule has 3 heterocycles. The van der Waals surface area contributed by atoms with Gasteiger partial charge in [-0.3, -0.25) is 20.1 Å². The zero-order valence-corrected chi connectivity index (χ0v) is 17.3. The lowest BCUT2D eigenvalue weighted by molar-refractivity contribution is 0.102. The number of benzene rings is 1. The van der Waals surface area contributed by atoms with E-state index in [9.17, 15) is 14.3 Å². The Morgan fingerprint density at radius 3 is 2.77 bits per heavy atom. The van der Waals surface area contributed by atoms with Crippen LogP contribution in [0.2, 0.25) is 5.02 Å². The highest BCUT2D eigenvalue weighted by molar-refractivity contribution is 7.22. The topological polar surface area (TPSA) is 88.0 Å². The van der Waals surface area contributed by atoms with Gasteiger partial charge < -0.3 is 5.11 Å². The number of carbonyl (C=O) groups is 1. The van der Waals surface area contributed by atoms with Crippen molar-refractivity contribution in [3.05, 3.63) is 70.9 Å². The molecular weight excluding hydrogens is 427 g/mol. The average Bonchev–Trinajstić information content (AvgIpc) is 3.14. The molecule has 0 spiro atoms.